The fraction of sp³-hybridized carbons (Fsp3) is 0.571. The third-order valence-corrected chi connectivity index (χ3v) is 5.07. The van der Waals surface area contributed by atoms with Crippen LogP contribution in [0.1, 0.15) is 19.3 Å². The molecular weight excluding hydrogens is 292 g/mol. The predicted molar refractivity (Wildman–Crippen MR) is 80.4 cm³/mol. The largest absolute Gasteiger partial charge is 0.493 e. The Morgan fingerprint density at radius 2 is 2.05 bits per heavy atom. The maximum absolute atomic E-state index is 12.2. The van der Waals surface area contributed by atoms with Gasteiger partial charge in [-0.05, 0) is 37.9 Å². The van der Waals surface area contributed by atoms with Gasteiger partial charge in [0.05, 0.1) is 19.1 Å². The summed E-state index contributed by atoms with van der Waals surface area (Å²) >= 11 is 0. The highest BCUT2D eigenvalue weighted by molar-refractivity contribution is 7.89. The molecule has 1 saturated heterocycles. The number of hydrogen-bond donors (Lipinski definition) is 2. The van der Waals surface area contributed by atoms with Crippen molar-refractivity contribution >= 4 is 10.0 Å². The average molecular weight is 314 g/mol. The van der Waals surface area contributed by atoms with E-state index in [1.807, 2.05) is 0 Å². The van der Waals surface area contributed by atoms with E-state index >= 15 is 0 Å². The minimum atomic E-state index is -3.52. The Bertz CT molecular complexity index is 568. The summed E-state index contributed by atoms with van der Waals surface area (Å²) in [5, 5.41) is 3.34. The van der Waals surface area contributed by atoms with Gasteiger partial charge in [-0.2, -0.15) is 0 Å². The first-order valence-corrected chi connectivity index (χ1v) is 8.50. The summed E-state index contributed by atoms with van der Waals surface area (Å²) in [6.07, 6.45) is 3.07. The van der Waals surface area contributed by atoms with E-state index in [0.717, 1.165) is 25.8 Å². The zero-order chi connectivity index (χ0) is 15.3. The Morgan fingerprint density at radius 1 is 1.29 bits per heavy atom. The lowest BCUT2D eigenvalue weighted by molar-refractivity contribution is 0.354. The molecule has 0 radical (unpaired) electrons. The van der Waals surface area contributed by atoms with Gasteiger partial charge in [-0.25, -0.2) is 13.1 Å². The summed E-state index contributed by atoms with van der Waals surface area (Å²) in [4.78, 5) is 0.180. The Morgan fingerprint density at radius 3 is 2.67 bits per heavy atom. The molecule has 1 heterocycles. The maximum atomic E-state index is 12.2. The van der Waals surface area contributed by atoms with E-state index in [0.29, 0.717) is 24.1 Å². The van der Waals surface area contributed by atoms with E-state index in [9.17, 15) is 8.42 Å². The topological polar surface area (TPSA) is 76.7 Å². The number of sulfonamides is 1. The fourth-order valence-electron chi connectivity index (χ4n) is 2.44. The van der Waals surface area contributed by atoms with Crippen molar-refractivity contribution in [3.63, 3.8) is 0 Å². The van der Waals surface area contributed by atoms with Crippen LogP contribution in [0.4, 0.5) is 0 Å². The van der Waals surface area contributed by atoms with Crippen LogP contribution < -0.4 is 19.5 Å². The molecule has 6 nitrogen and oxygen atoms in total. The van der Waals surface area contributed by atoms with Gasteiger partial charge in [-0.15, -0.1) is 0 Å². The van der Waals surface area contributed by atoms with Crippen LogP contribution >= 0.6 is 0 Å². The van der Waals surface area contributed by atoms with Gasteiger partial charge in [0.1, 0.15) is 0 Å². The van der Waals surface area contributed by atoms with Crippen molar-refractivity contribution in [2.45, 2.75) is 30.2 Å². The van der Waals surface area contributed by atoms with E-state index in [-0.39, 0.29) is 4.90 Å². The molecule has 1 atom stereocenters. The van der Waals surface area contributed by atoms with Crippen LogP contribution in [-0.2, 0) is 10.0 Å². The third kappa shape index (κ3) is 4.09. The Labute approximate surface area is 125 Å². The molecule has 1 aliphatic heterocycles. The van der Waals surface area contributed by atoms with Crippen LogP contribution in [0.3, 0.4) is 0 Å². The predicted octanol–water partition coefficient (Wildman–Crippen LogP) is 1.12. The molecule has 1 aliphatic rings. The van der Waals surface area contributed by atoms with Gasteiger partial charge in [-0.1, -0.05) is 0 Å². The van der Waals surface area contributed by atoms with E-state index in [1.165, 1.54) is 26.4 Å². The molecule has 0 aliphatic carbocycles. The number of benzene rings is 1. The summed E-state index contributed by atoms with van der Waals surface area (Å²) in [7, 11) is -0.531. The molecule has 0 bridgehead atoms. The molecule has 0 aromatic heterocycles. The number of nitrogens with one attached hydrogen (secondary N) is 2. The van der Waals surface area contributed by atoms with Gasteiger partial charge in [0.25, 0.3) is 0 Å². The Hall–Kier alpha value is -1.31. The van der Waals surface area contributed by atoms with Crippen molar-refractivity contribution in [1.82, 2.24) is 10.0 Å². The monoisotopic (exact) mass is 314 g/mol. The summed E-state index contributed by atoms with van der Waals surface area (Å²) < 4.78 is 37.4. The molecule has 2 rings (SSSR count). The highest BCUT2D eigenvalue weighted by Crippen LogP contribution is 2.29. The summed E-state index contributed by atoms with van der Waals surface area (Å²) in [5.41, 5.74) is 0. The molecule has 7 heteroatoms. The maximum Gasteiger partial charge on any atom is 0.240 e. The molecule has 0 spiro atoms. The second-order valence-electron chi connectivity index (χ2n) is 5.00. The van der Waals surface area contributed by atoms with Crippen LogP contribution in [0.2, 0.25) is 0 Å². The molecule has 118 valence electrons. The highest BCUT2D eigenvalue weighted by atomic mass is 32.2. The highest BCUT2D eigenvalue weighted by Gasteiger charge is 2.18. The normalized spacial score (nSPS) is 18.7. The second-order valence-corrected chi connectivity index (χ2v) is 6.76. The lowest BCUT2D eigenvalue weighted by atomic mass is 10.2. The third-order valence-electron chi connectivity index (χ3n) is 3.61. The first-order valence-electron chi connectivity index (χ1n) is 7.02. The standard InChI is InChI=1S/C14H22N2O4S/c1-19-13-6-5-12(10-14(13)20-2)21(17,18)16-9-7-11-4-3-8-15-11/h5-6,10-11,15-16H,3-4,7-9H2,1-2H3. The first kappa shape index (κ1) is 16.1. The zero-order valence-electron chi connectivity index (χ0n) is 12.4. The Balaban J connectivity index is 2.01. The van der Waals surface area contributed by atoms with Crippen LogP contribution in [0.5, 0.6) is 11.5 Å². The zero-order valence-corrected chi connectivity index (χ0v) is 13.2. The quantitative estimate of drug-likeness (QED) is 0.789. The van der Waals surface area contributed by atoms with Gasteiger partial charge in [0, 0.05) is 18.7 Å². The lowest BCUT2D eigenvalue weighted by Crippen LogP contribution is -2.30. The molecule has 1 unspecified atom stereocenters. The number of methoxy groups -OCH3 is 2. The SMILES string of the molecule is COc1ccc(S(=O)(=O)NCCC2CCCN2)cc1OC. The molecule has 2 N–H and O–H groups in total. The van der Waals surface area contributed by atoms with Crippen LogP contribution in [0.15, 0.2) is 23.1 Å². The molecule has 1 aromatic carbocycles. The number of ether oxygens (including phenoxy) is 2. The smallest absolute Gasteiger partial charge is 0.240 e. The van der Waals surface area contributed by atoms with Gasteiger partial charge < -0.3 is 14.8 Å². The van der Waals surface area contributed by atoms with E-state index in [4.69, 9.17) is 9.47 Å². The van der Waals surface area contributed by atoms with Crippen molar-refractivity contribution in [3.8, 4) is 11.5 Å². The van der Waals surface area contributed by atoms with Gasteiger partial charge in [0.2, 0.25) is 10.0 Å². The number of rotatable bonds is 7. The first-order chi connectivity index (χ1) is 10.1. The van der Waals surface area contributed by atoms with Gasteiger partial charge >= 0.3 is 0 Å². The van der Waals surface area contributed by atoms with Crippen LogP contribution in [-0.4, -0.2) is 41.8 Å². The number of hydrogen-bond acceptors (Lipinski definition) is 5. The van der Waals surface area contributed by atoms with Crippen molar-refractivity contribution in [2.75, 3.05) is 27.3 Å². The minimum absolute atomic E-state index is 0.180. The Kier molecular flexibility index (Phi) is 5.44. The van der Waals surface area contributed by atoms with Crippen molar-refractivity contribution in [2.24, 2.45) is 0 Å². The van der Waals surface area contributed by atoms with Gasteiger partial charge in [-0.3, -0.25) is 0 Å². The lowest BCUT2D eigenvalue weighted by Gasteiger charge is -2.13. The summed E-state index contributed by atoms with van der Waals surface area (Å²) in [5.74, 6) is 0.907. The van der Waals surface area contributed by atoms with Crippen molar-refractivity contribution in [3.05, 3.63) is 18.2 Å². The van der Waals surface area contributed by atoms with Gasteiger partial charge in [0.15, 0.2) is 11.5 Å². The second kappa shape index (κ2) is 7.11. The van der Waals surface area contributed by atoms with E-state index in [1.54, 1.807) is 6.07 Å². The summed E-state index contributed by atoms with van der Waals surface area (Å²) in [6.45, 7) is 1.45. The van der Waals surface area contributed by atoms with E-state index in [2.05, 4.69) is 10.0 Å². The van der Waals surface area contributed by atoms with Crippen molar-refractivity contribution in [1.29, 1.82) is 0 Å². The van der Waals surface area contributed by atoms with E-state index < -0.39 is 10.0 Å². The minimum Gasteiger partial charge on any atom is -0.493 e. The molecular formula is C14H22N2O4S. The molecule has 1 fully saturated rings. The molecule has 1 aromatic rings. The average Bonchev–Trinajstić information content (AvgIpc) is 2.99. The molecule has 21 heavy (non-hydrogen) atoms. The van der Waals surface area contributed by atoms with Crippen LogP contribution in [0.25, 0.3) is 0 Å². The summed E-state index contributed by atoms with van der Waals surface area (Å²) in [6, 6.07) is 4.98. The van der Waals surface area contributed by atoms with Crippen molar-refractivity contribution < 1.29 is 17.9 Å². The fourth-order valence-corrected chi connectivity index (χ4v) is 3.50. The van der Waals surface area contributed by atoms with Crippen LogP contribution in [0, 0.1) is 0 Å². The molecule has 0 amide bonds. The molecule has 0 saturated carbocycles.